The van der Waals surface area contributed by atoms with Crippen LogP contribution in [0.4, 0.5) is 0 Å². The van der Waals surface area contributed by atoms with E-state index in [4.69, 9.17) is 11.6 Å². The molecule has 0 fully saturated rings. The average Bonchev–Trinajstić information content (AvgIpc) is 2.64. The van der Waals surface area contributed by atoms with Gasteiger partial charge in [-0.15, -0.1) is 11.6 Å². The van der Waals surface area contributed by atoms with Gasteiger partial charge in [0.1, 0.15) is 0 Å². The molecule has 0 aromatic heterocycles. The van der Waals surface area contributed by atoms with Crippen molar-refractivity contribution in [3.05, 3.63) is 108 Å². The largest absolute Gasteiger partial charge is 0.293 e. The first-order valence-corrected chi connectivity index (χ1v) is 8.74. The van der Waals surface area contributed by atoms with Crippen LogP contribution in [0, 0.1) is 0 Å². The molecule has 0 spiro atoms. The van der Waals surface area contributed by atoms with E-state index in [0.29, 0.717) is 0 Å². The molecule has 122 valence electrons. The zero-order valence-corrected chi connectivity index (χ0v) is 14.4. The van der Waals surface area contributed by atoms with Gasteiger partial charge < -0.3 is 0 Å². The zero-order chi connectivity index (χ0) is 16.6. The Balaban J connectivity index is 1.73. The van der Waals surface area contributed by atoms with Crippen molar-refractivity contribution in [1.29, 1.82) is 0 Å². The van der Waals surface area contributed by atoms with Crippen LogP contribution in [0.3, 0.4) is 0 Å². The van der Waals surface area contributed by atoms with E-state index >= 15 is 0 Å². The Hall–Kier alpha value is -2.09. The number of nitrogens with zero attached hydrogens (tertiary/aromatic N) is 1. The van der Waals surface area contributed by atoms with Crippen molar-refractivity contribution in [2.75, 3.05) is 6.54 Å². The topological polar surface area (TPSA) is 3.24 Å². The highest BCUT2D eigenvalue weighted by molar-refractivity contribution is 6.21. The van der Waals surface area contributed by atoms with Gasteiger partial charge in [0, 0.05) is 19.6 Å². The molecule has 2 heteroatoms. The average molecular weight is 336 g/mol. The van der Waals surface area contributed by atoms with Crippen LogP contribution in [0.15, 0.2) is 91.0 Å². The van der Waals surface area contributed by atoms with E-state index < -0.39 is 0 Å². The maximum Gasteiger partial charge on any atom is 0.0712 e. The smallest absolute Gasteiger partial charge is 0.0712 e. The van der Waals surface area contributed by atoms with Gasteiger partial charge >= 0.3 is 0 Å². The Labute approximate surface area is 149 Å². The number of hydrogen-bond acceptors (Lipinski definition) is 1. The van der Waals surface area contributed by atoms with Crippen molar-refractivity contribution < 1.29 is 0 Å². The molecule has 0 aliphatic rings. The Kier molecular flexibility index (Phi) is 6.06. The fourth-order valence-electron chi connectivity index (χ4n) is 2.86. The highest BCUT2D eigenvalue weighted by atomic mass is 35.5. The number of alkyl halides is 1. The molecule has 0 aliphatic heterocycles. The molecule has 0 radical (unpaired) electrons. The van der Waals surface area contributed by atoms with E-state index in [1.165, 1.54) is 16.7 Å². The molecule has 3 aromatic carbocycles. The second kappa shape index (κ2) is 8.68. The standard InChI is InChI=1S/C22H22ClN/c23-22(21-14-8-3-9-15-21)18-24(16-19-10-4-1-5-11-19)17-20-12-6-2-7-13-20/h1-15,22H,16-18H2. The second-order valence-corrected chi connectivity index (χ2v) is 6.55. The number of benzene rings is 3. The highest BCUT2D eigenvalue weighted by Crippen LogP contribution is 2.23. The van der Waals surface area contributed by atoms with Crippen molar-refractivity contribution in [1.82, 2.24) is 4.90 Å². The van der Waals surface area contributed by atoms with Gasteiger partial charge in [0.05, 0.1) is 5.38 Å². The normalized spacial score (nSPS) is 12.2. The molecule has 0 N–H and O–H groups in total. The molecule has 1 atom stereocenters. The summed E-state index contributed by atoms with van der Waals surface area (Å²) >= 11 is 6.69. The van der Waals surface area contributed by atoms with E-state index in [1.807, 2.05) is 18.2 Å². The third-order valence-electron chi connectivity index (χ3n) is 4.08. The first kappa shape index (κ1) is 16.8. The van der Waals surface area contributed by atoms with E-state index in [2.05, 4.69) is 77.7 Å². The molecular formula is C22H22ClN. The monoisotopic (exact) mass is 335 g/mol. The van der Waals surface area contributed by atoms with E-state index in [-0.39, 0.29) is 5.38 Å². The first-order valence-electron chi connectivity index (χ1n) is 8.30. The van der Waals surface area contributed by atoms with Crippen LogP contribution < -0.4 is 0 Å². The Morgan fingerprint density at radius 2 is 1.04 bits per heavy atom. The molecule has 0 saturated heterocycles. The van der Waals surface area contributed by atoms with Gasteiger partial charge in [-0.05, 0) is 16.7 Å². The van der Waals surface area contributed by atoms with Crippen molar-refractivity contribution in [3.8, 4) is 0 Å². The zero-order valence-electron chi connectivity index (χ0n) is 13.7. The summed E-state index contributed by atoms with van der Waals surface area (Å²) in [6.45, 7) is 2.60. The highest BCUT2D eigenvalue weighted by Gasteiger charge is 2.14. The van der Waals surface area contributed by atoms with Crippen molar-refractivity contribution in [2.45, 2.75) is 18.5 Å². The first-order chi connectivity index (χ1) is 11.8. The number of halogens is 1. The molecule has 0 aliphatic carbocycles. The van der Waals surface area contributed by atoms with Gasteiger partial charge in [0.2, 0.25) is 0 Å². The van der Waals surface area contributed by atoms with Gasteiger partial charge in [-0.2, -0.15) is 0 Å². The fraction of sp³-hybridized carbons (Fsp3) is 0.182. The third-order valence-corrected chi connectivity index (χ3v) is 4.47. The third kappa shape index (κ3) is 4.95. The van der Waals surface area contributed by atoms with Crippen LogP contribution >= 0.6 is 11.6 Å². The molecular weight excluding hydrogens is 314 g/mol. The molecule has 1 unspecified atom stereocenters. The summed E-state index contributed by atoms with van der Waals surface area (Å²) in [5, 5.41) is -0.0152. The lowest BCUT2D eigenvalue weighted by atomic mass is 10.1. The van der Waals surface area contributed by atoms with E-state index in [0.717, 1.165) is 19.6 Å². The molecule has 24 heavy (non-hydrogen) atoms. The Morgan fingerprint density at radius 3 is 1.50 bits per heavy atom. The summed E-state index contributed by atoms with van der Waals surface area (Å²) in [7, 11) is 0. The lowest BCUT2D eigenvalue weighted by Gasteiger charge is -2.25. The minimum absolute atomic E-state index is 0.0152. The van der Waals surface area contributed by atoms with Crippen LogP contribution in [0.25, 0.3) is 0 Å². The molecule has 3 aromatic rings. The summed E-state index contributed by atoms with van der Waals surface area (Å²) in [5.74, 6) is 0. The Morgan fingerprint density at radius 1 is 0.625 bits per heavy atom. The lowest BCUT2D eigenvalue weighted by Crippen LogP contribution is -2.26. The van der Waals surface area contributed by atoms with Crippen LogP contribution in [0.1, 0.15) is 22.1 Å². The predicted octanol–water partition coefficient (Wildman–Crippen LogP) is 5.67. The Bertz CT molecular complexity index is 671. The van der Waals surface area contributed by atoms with Gasteiger partial charge in [-0.25, -0.2) is 0 Å². The van der Waals surface area contributed by atoms with Crippen LogP contribution in [0.5, 0.6) is 0 Å². The summed E-state index contributed by atoms with van der Waals surface area (Å²) in [4.78, 5) is 2.41. The SMILES string of the molecule is ClC(CN(Cc1ccccc1)Cc1ccccc1)c1ccccc1. The maximum absolute atomic E-state index is 6.69. The van der Waals surface area contributed by atoms with Gasteiger partial charge in [0.25, 0.3) is 0 Å². The second-order valence-electron chi connectivity index (χ2n) is 6.02. The minimum Gasteiger partial charge on any atom is -0.293 e. The fourth-order valence-corrected chi connectivity index (χ4v) is 3.20. The predicted molar refractivity (Wildman–Crippen MR) is 102 cm³/mol. The molecule has 0 bridgehead atoms. The van der Waals surface area contributed by atoms with Crippen molar-refractivity contribution in [2.24, 2.45) is 0 Å². The van der Waals surface area contributed by atoms with E-state index in [9.17, 15) is 0 Å². The summed E-state index contributed by atoms with van der Waals surface area (Å²) in [5.41, 5.74) is 3.79. The molecule has 3 rings (SSSR count). The quantitative estimate of drug-likeness (QED) is 0.503. The number of hydrogen-bond donors (Lipinski definition) is 0. The van der Waals surface area contributed by atoms with Crippen LogP contribution in [0.2, 0.25) is 0 Å². The van der Waals surface area contributed by atoms with Crippen LogP contribution in [-0.4, -0.2) is 11.4 Å². The summed E-state index contributed by atoms with van der Waals surface area (Å²) in [6.07, 6.45) is 0. The molecule has 0 amide bonds. The lowest BCUT2D eigenvalue weighted by molar-refractivity contribution is 0.257. The van der Waals surface area contributed by atoms with E-state index in [1.54, 1.807) is 0 Å². The summed E-state index contributed by atoms with van der Waals surface area (Å²) in [6, 6.07) is 31.5. The minimum atomic E-state index is -0.0152. The van der Waals surface area contributed by atoms with Crippen LogP contribution in [-0.2, 0) is 13.1 Å². The molecule has 0 heterocycles. The molecule has 1 nitrogen and oxygen atoms in total. The van der Waals surface area contributed by atoms with Gasteiger partial charge in [-0.1, -0.05) is 91.0 Å². The van der Waals surface area contributed by atoms with Gasteiger partial charge in [0.15, 0.2) is 0 Å². The number of rotatable bonds is 7. The van der Waals surface area contributed by atoms with Crippen molar-refractivity contribution >= 4 is 11.6 Å². The van der Waals surface area contributed by atoms with Gasteiger partial charge in [-0.3, -0.25) is 4.90 Å². The maximum atomic E-state index is 6.69. The summed E-state index contributed by atoms with van der Waals surface area (Å²) < 4.78 is 0. The molecule has 0 saturated carbocycles. The van der Waals surface area contributed by atoms with Crippen molar-refractivity contribution in [3.63, 3.8) is 0 Å².